The van der Waals surface area contributed by atoms with Gasteiger partial charge in [-0.25, -0.2) is 13.8 Å². The van der Waals surface area contributed by atoms with Crippen molar-refractivity contribution in [3.8, 4) is 0 Å². The molecule has 2 aliphatic rings. The highest BCUT2D eigenvalue weighted by molar-refractivity contribution is 6.16. The number of hydrogen-bond donors (Lipinski definition) is 3. The van der Waals surface area contributed by atoms with Crippen molar-refractivity contribution in [2.75, 3.05) is 17.3 Å². The molecular weight excluding hydrogens is 468 g/mol. The number of nitrogens with zero attached hydrogens (tertiary/aromatic N) is 2. The first-order valence-electron chi connectivity index (χ1n) is 12.2. The normalized spacial score (nSPS) is 16.1. The molecule has 3 aromatic rings. The molecule has 0 spiro atoms. The van der Waals surface area contributed by atoms with Crippen molar-refractivity contribution in [2.24, 2.45) is 5.92 Å². The molecule has 0 bridgehead atoms. The van der Waals surface area contributed by atoms with Gasteiger partial charge in [0.1, 0.15) is 11.6 Å². The highest BCUT2D eigenvalue weighted by Crippen LogP contribution is 2.33. The van der Waals surface area contributed by atoms with Crippen LogP contribution in [0.25, 0.3) is 10.9 Å². The van der Waals surface area contributed by atoms with Crippen LogP contribution in [0.4, 0.5) is 20.3 Å². The van der Waals surface area contributed by atoms with Crippen LogP contribution in [0.15, 0.2) is 30.5 Å². The van der Waals surface area contributed by atoms with E-state index in [0.717, 1.165) is 51.1 Å². The molecule has 10 heteroatoms. The molecule has 3 N–H and O–H groups in total. The molecule has 0 aliphatic heterocycles. The van der Waals surface area contributed by atoms with Gasteiger partial charge in [-0.15, -0.1) is 0 Å². The van der Waals surface area contributed by atoms with Crippen LogP contribution in [0.3, 0.4) is 0 Å². The molecule has 2 saturated carbocycles. The molecule has 2 aromatic heterocycles. The minimum atomic E-state index is -1.11. The molecule has 5 rings (SSSR count). The fourth-order valence-corrected chi connectivity index (χ4v) is 4.71. The highest BCUT2D eigenvalue weighted by atomic mass is 19.1. The molecule has 0 atom stereocenters. The number of carbonyl (C=O) groups is 3. The fraction of sp³-hybridized carbons (Fsp3) is 0.385. The van der Waals surface area contributed by atoms with Gasteiger partial charge in [-0.2, -0.15) is 0 Å². The van der Waals surface area contributed by atoms with Crippen molar-refractivity contribution in [2.45, 2.75) is 51.0 Å². The van der Waals surface area contributed by atoms with Crippen LogP contribution in [0.1, 0.15) is 65.8 Å². The van der Waals surface area contributed by atoms with E-state index in [4.69, 9.17) is 0 Å². The Balaban J connectivity index is 1.47. The quantitative estimate of drug-likeness (QED) is 0.467. The second-order valence-electron chi connectivity index (χ2n) is 9.52. The highest BCUT2D eigenvalue weighted by Gasteiger charge is 2.29. The summed E-state index contributed by atoms with van der Waals surface area (Å²) in [7, 11) is 1.73. The van der Waals surface area contributed by atoms with E-state index in [1.807, 2.05) is 0 Å². The number of amides is 3. The number of fused-ring (bicyclic) bond motifs is 1. The predicted molar refractivity (Wildman–Crippen MR) is 131 cm³/mol. The Kier molecular flexibility index (Phi) is 6.42. The van der Waals surface area contributed by atoms with Crippen LogP contribution in [-0.2, 0) is 4.79 Å². The summed E-state index contributed by atoms with van der Waals surface area (Å²) >= 11 is 0. The maximum absolute atomic E-state index is 14.1. The van der Waals surface area contributed by atoms with Gasteiger partial charge in [0.05, 0.1) is 11.8 Å². The van der Waals surface area contributed by atoms with Gasteiger partial charge in [-0.3, -0.25) is 14.4 Å². The van der Waals surface area contributed by atoms with E-state index in [2.05, 4.69) is 20.6 Å². The first-order chi connectivity index (χ1) is 17.3. The van der Waals surface area contributed by atoms with E-state index in [1.165, 1.54) is 0 Å². The zero-order chi connectivity index (χ0) is 25.4. The third kappa shape index (κ3) is 4.80. The average molecular weight is 496 g/mol. The van der Waals surface area contributed by atoms with Gasteiger partial charge in [0.2, 0.25) is 5.91 Å². The number of halogens is 2. The van der Waals surface area contributed by atoms with Crippen LogP contribution in [-0.4, -0.2) is 40.8 Å². The number of pyridine rings is 1. The summed E-state index contributed by atoms with van der Waals surface area (Å²) in [4.78, 5) is 47.0. The number of aromatic nitrogens is 2. The van der Waals surface area contributed by atoms with Crippen LogP contribution in [0, 0.1) is 17.6 Å². The molecular formula is C26H27F2N5O3. The number of carbonyl (C=O) groups excluding carboxylic acids is 3. The predicted octanol–water partition coefficient (Wildman–Crippen LogP) is 4.53. The number of aromatic amines is 1. The van der Waals surface area contributed by atoms with E-state index < -0.39 is 23.2 Å². The monoisotopic (exact) mass is 495 g/mol. The van der Waals surface area contributed by atoms with Crippen molar-refractivity contribution >= 4 is 40.1 Å². The number of hydrogen-bond acceptors (Lipinski definition) is 4. The summed E-state index contributed by atoms with van der Waals surface area (Å²) in [5.41, 5.74) is 0.778. The standard InChI is InChI=1S/C26H27F2N5O3/c1-33(26(36)14-5-3-2-4-6-14)17-9-10-18-20(12-17)31-23(21(18)24(34)30-16-7-8-16)32-25(35)22-19(28)11-15(27)13-29-22/h9-14,16,31H,2-8H2,1H3,(H,30,34)(H,32,35). The van der Waals surface area contributed by atoms with Gasteiger partial charge in [0, 0.05) is 41.7 Å². The Bertz CT molecular complexity index is 1340. The topological polar surface area (TPSA) is 107 Å². The lowest BCUT2D eigenvalue weighted by Crippen LogP contribution is -2.33. The van der Waals surface area contributed by atoms with Crippen molar-refractivity contribution in [1.29, 1.82) is 0 Å². The SMILES string of the molecule is CN(C(=O)C1CCCCC1)c1ccc2c(C(=O)NC3CC3)c(NC(=O)c3ncc(F)cc3F)[nH]c2c1. The lowest BCUT2D eigenvalue weighted by Gasteiger charge is -2.26. The molecule has 0 unspecified atom stereocenters. The van der Waals surface area contributed by atoms with Gasteiger partial charge >= 0.3 is 0 Å². The van der Waals surface area contributed by atoms with Gasteiger partial charge in [0.25, 0.3) is 11.8 Å². The van der Waals surface area contributed by atoms with Crippen LogP contribution in [0.2, 0.25) is 0 Å². The van der Waals surface area contributed by atoms with Crippen molar-refractivity contribution in [1.82, 2.24) is 15.3 Å². The Morgan fingerprint density at radius 1 is 1.03 bits per heavy atom. The Morgan fingerprint density at radius 2 is 1.78 bits per heavy atom. The molecule has 1 aromatic carbocycles. The van der Waals surface area contributed by atoms with E-state index in [-0.39, 0.29) is 35.2 Å². The molecule has 0 radical (unpaired) electrons. The minimum absolute atomic E-state index is 0.00377. The van der Waals surface area contributed by atoms with E-state index >= 15 is 0 Å². The van der Waals surface area contributed by atoms with E-state index in [9.17, 15) is 23.2 Å². The van der Waals surface area contributed by atoms with E-state index in [0.29, 0.717) is 22.7 Å². The van der Waals surface area contributed by atoms with Gasteiger partial charge in [-0.1, -0.05) is 19.3 Å². The molecule has 36 heavy (non-hydrogen) atoms. The van der Waals surface area contributed by atoms with Crippen LogP contribution in [0.5, 0.6) is 0 Å². The molecule has 2 fully saturated rings. The summed E-state index contributed by atoms with van der Waals surface area (Å²) in [5, 5.41) is 5.96. The second-order valence-corrected chi connectivity index (χ2v) is 9.52. The molecule has 2 aliphatic carbocycles. The summed E-state index contributed by atoms with van der Waals surface area (Å²) in [6.45, 7) is 0. The van der Waals surface area contributed by atoms with Gasteiger partial charge in [0.15, 0.2) is 11.5 Å². The number of nitrogens with one attached hydrogen (secondary N) is 3. The molecule has 0 saturated heterocycles. The molecule has 8 nitrogen and oxygen atoms in total. The Labute approximate surface area is 206 Å². The molecule has 3 amide bonds. The molecule has 188 valence electrons. The number of anilines is 2. The minimum Gasteiger partial charge on any atom is -0.349 e. The number of rotatable bonds is 6. The van der Waals surface area contributed by atoms with Crippen molar-refractivity contribution < 1.29 is 23.2 Å². The first-order valence-corrected chi connectivity index (χ1v) is 12.2. The van der Waals surface area contributed by atoms with Crippen molar-refractivity contribution in [3.63, 3.8) is 0 Å². The zero-order valence-electron chi connectivity index (χ0n) is 19.9. The zero-order valence-corrected chi connectivity index (χ0v) is 19.9. The van der Waals surface area contributed by atoms with Gasteiger partial charge < -0.3 is 20.5 Å². The lowest BCUT2D eigenvalue weighted by molar-refractivity contribution is -0.123. The lowest BCUT2D eigenvalue weighted by atomic mass is 9.88. The second kappa shape index (κ2) is 9.67. The van der Waals surface area contributed by atoms with E-state index in [1.54, 1.807) is 30.1 Å². The number of H-pyrrole nitrogens is 1. The largest absolute Gasteiger partial charge is 0.349 e. The summed E-state index contributed by atoms with van der Waals surface area (Å²) in [6, 6.07) is 5.87. The average Bonchev–Trinajstić information content (AvgIpc) is 3.61. The maximum atomic E-state index is 14.1. The fourth-order valence-electron chi connectivity index (χ4n) is 4.71. The summed E-state index contributed by atoms with van der Waals surface area (Å²) in [5.74, 6) is -3.21. The molecule has 2 heterocycles. The summed E-state index contributed by atoms with van der Waals surface area (Å²) < 4.78 is 27.4. The summed E-state index contributed by atoms with van der Waals surface area (Å²) in [6.07, 6.45) is 7.50. The first kappa shape index (κ1) is 23.9. The smallest absolute Gasteiger partial charge is 0.278 e. The van der Waals surface area contributed by atoms with Crippen LogP contribution < -0.4 is 15.5 Å². The maximum Gasteiger partial charge on any atom is 0.278 e. The Morgan fingerprint density at radius 3 is 2.47 bits per heavy atom. The van der Waals surface area contributed by atoms with Crippen LogP contribution >= 0.6 is 0 Å². The third-order valence-electron chi connectivity index (χ3n) is 6.86. The van der Waals surface area contributed by atoms with Gasteiger partial charge in [-0.05, 0) is 43.9 Å². The Hall–Kier alpha value is -3.82. The third-order valence-corrected chi connectivity index (χ3v) is 6.86. The van der Waals surface area contributed by atoms with Crippen molar-refractivity contribution in [3.05, 3.63) is 53.4 Å². The number of benzene rings is 1.